The number of nitrogens with one attached hydrogen (secondary N) is 1. The fourth-order valence-corrected chi connectivity index (χ4v) is 5.55. The minimum Gasteiger partial charge on any atom is -0.380 e. The number of likely N-dealkylation sites (tertiary alicyclic amines) is 1. The lowest BCUT2D eigenvalue weighted by molar-refractivity contribution is -0.136. The average molecular weight is 565 g/mol. The molecule has 3 N–H and O–H groups in total. The van der Waals surface area contributed by atoms with Gasteiger partial charge in [0.2, 0.25) is 11.8 Å². The van der Waals surface area contributed by atoms with Crippen LogP contribution in [0.15, 0.2) is 67.0 Å². The number of amides is 2. The monoisotopic (exact) mass is 564 g/mol. The van der Waals surface area contributed by atoms with Gasteiger partial charge < -0.3 is 20.7 Å². The summed E-state index contributed by atoms with van der Waals surface area (Å²) in [5.41, 5.74) is 8.56. The van der Waals surface area contributed by atoms with E-state index in [4.69, 9.17) is 22.1 Å². The van der Waals surface area contributed by atoms with E-state index in [9.17, 15) is 9.59 Å². The van der Waals surface area contributed by atoms with Gasteiger partial charge in [0, 0.05) is 37.5 Å². The van der Waals surface area contributed by atoms with Crippen LogP contribution in [0.5, 0.6) is 0 Å². The van der Waals surface area contributed by atoms with Crippen LogP contribution in [0.4, 0.5) is 10.1 Å². The van der Waals surface area contributed by atoms with Gasteiger partial charge in [0.15, 0.2) is 0 Å². The second kappa shape index (κ2) is 12.0. The zero-order chi connectivity index (χ0) is 28.3. The van der Waals surface area contributed by atoms with Crippen LogP contribution in [0, 0.1) is 11.7 Å². The third-order valence-electron chi connectivity index (χ3n) is 8.07. The normalized spacial score (nSPS) is 20.2. The molecule has 1 aliphatic heterocycles. The van der Waals surface area contributed by atoms with Crippen molar-refractivity contribution in [2.75, 3.05) is 19.0 Å². The minimum absolute atomic E-state index is 0.0313. The van der Waals surface area contributed by atoms with Crippen molar-refractivity contribution >= 4 is 29.1 Å². The molecule has 40 heavy (non-hydrogen) atoms. The Kier molecular flexibility index (Phi) is 8.49. The molecular formula is C31H34ClFN4O3. The molecule has 1 saturated carbocycles. The van der Waals surface area contributed by atoms with Crippen LogP contribution in [-0.4, -0.2) is 47.5 Å². The van der Waals surface area contributed by atoms with E-state index in [1.54, 1.807) is 55.9 Å². The van der Waals surface area contributed by atoms with Gasteiger partial charge in [-0.25, -0.2) is 4.39 Å². The standard InChI is InChI=1S/C31H34ClFN4O3/c1-40-25-18-28(37(19-25)29(38)16-21-4-7-24(32)8-5-21)30(39)36-27-17-23(6-9-26(27)33)31(34,13-10-20-2-3-20)22-11-14-35-15-12-22/h4-9,11-12,14-15,17,20,25,28H,2-3,10,13,16,18-19,34H2,1H3,(H,36,39)/t25-,28-,31?/m1/s1. The molecule has 1 saturated heterocycles. The Morgan fingerprint density at radius 2 is 1.85 bits per heavy atom. The number of pyridine rings is 1. The molecule has 1 unspecified atom stereocenters. The first-order valence-corrected chi connectivity index (χ1v) is 14.0. The van der Waals surface area contributed by atoms with Crippen LogP contribution < -0.4 is 11.1 Å². The second-order valence-electron chi connectivity index (χ2n) is 10.8. The number of ether oxygens (including phenoxy) is 1. The zero-order valence-electron chi connectivity index (χ0n) is 22.5. The maximum absolute atomic E-state index is 15.1. The highest BCUT2D eigenvalue weighted by atomic mass is 35.5. The van der Waals surface area contributed by atoms with Crippen LogP contribution in [0.25, 0.3) is 0 Å². The maximum Gasteiger partial charge on any atom is 0.247 e. The van der Waals surface area contributed by atoms with Crippen LogP contribution in [-0.2, 0) is 26.3 Å². The van der Waals surface area contributed by atoms with Gasteiger partial charge in [-0.2, -0.15) is 0 Å². The molecule has 9 heteroatoms. The molecule has 2 fully saturated rings. The SMILES string of the molecule is CO[C@@H]1C[C@H](C(=O)Nc2cc(C(N)(CCC3CC3)c3ccncc3)ccc2F)N(C(=O)Cc2ccc(Cl)cc2)C1. The number of hydrogen-bond donors (Lipinski definition) is 2. The van der Waals surface area contributed by atoms with E-state index >= 15 is 4.39 Å². The number of benzene rings is 2. The number of nitrogens with two attached hydrogens (primary N) is 1. The van der Waals surface area contributed by atoms with Gasteiger partial charge in [-0.05, 0) is 71.8 Å². The minimum atomic E-state index is -0.867. The summed E-state index contributed by atoms with van der Waals surface area (Å²) < 4.78 is 20.6. The van der Waals surface area contributed by atoms with Crippen molar-refractivity contribution in [3.63, 3.8) is 0 Å². The van der Waals surface area contributed by atoms with Crippen molar-refractivity contribution in [1.82, 2.24) is 9.88 Å². The number of hydrogen-bond acceptors (Lipinski definition) is 5. The highest BCUT2D eigenvalue weighted by Gasteiger charge is 2.40. The second-order valence-corrected chi connectivity index (χ2v) is 11.3. The van der Waals surface area contributed by atoms with E-state index < -0.39 is 23.3 Å². The highest BCUT2D eigenvalue weighted by Crippen LogP contribution is 2.40. The molecule has 1 aliphatic carbocycles. The van der Waals surface area contributed by atoms with Crippen LogP contribution in [0.3, 0.4) is 0 Å². The first-order valence-electron chi connectivity index (χ1n) is 13.6. The summed E-state index contributed by atoms with van der Waals surface area (Å²) in [6.07, 6.45) is 7.58. The summed E-state index contributed by atoms with van der Waals surface area (Å²) >= 11 is 5.97. The van der Waals surface area contributed by atoms with Gasteiger partial charge in [0.25, 0.3) is 0 Å². The quantitative estimate of drug-likeness (QED) is 0.358. The summed E-state index contributed by atoms with van der Waals surface area (Å²) in [6.45, 7) is 0.276. The van der Waals surface area contributed by atoms with Crippen LogP contribution in [0.2, 0.25) is 5.02 Å². The smallest absolute Gasteiger partial charge is 0.247 e. The molecule has 3 atom stereocenters. The Bertz CT molecular complexity index is 1350. The van der Waals surface area contributed by atoms with Gasteiger partial charge in [0.05, 0.1) is 23.8 Å². The molecule has 7 nitrogen and oxygen atoms in total. The largest absolute Gasteiger partial charge is 0.380 e. The number of halogens is 2. The number of aromatic nitrogens is 1. The molecule has 2 aliphatic rings. The lowest BCUT2D eigenvalue weighted by Gasteiger charge is -2.31. The first-order chi connectivity index (χ1) is 19.3. The number of anilines is 1. The maximum atomic E-state index is 15.1. The number of carbonyl (C=O) groups excluding carboxylic acids is 2. The first kappa shape index (κ1) is 28.2. The lowest BCUT2D eigenvalue weighted by atomic mass is 9.79. The Morgan fingerprint density at radius 1 is 1.12 bits per heavy atom. The summed E-state index contributed by atoms with van der Waals surface area (Å²) in [5, 5.41) is 3.33. The average Bonchev–Trinajstić information content (AvgIpc) is 3.70. The number of rotatable bonds is 10. The van der Waals surface area contributed by atoms with E-state index in [-0.39, 0.29) is 30.7 Å². The molecule has 0 spiro atoms. The van der Waals surface area contributed by atoms with E-state index in [0.717, 1.165) is 17.5 Å². The molecule has 0 radical (unpaired) electrons. The van der Waals surface area contributed by atoms with Gasteiger partial charge in [-0.1, -0.05) is 42.6 Å². The molecule has 2 amide bonds. The molecule has 2 aromatic carbocycles. The number of carbonyl (C=O) groups is 2. The number of methoxy groups -OCH3 is 1. The van der Waals surface area contributed by atoms with E-state index in [0.29, 0.717) is 29.3 Å². The van der Waals surface area contributed by atoms with E-state index in [2.05, 4.69) is 10.3 Å². The van der Waals surface area contributed by atoms with Crippen molar-refractivity contribution in [3.05, 3.63) is 94.5 Å². The molecule has 210 valence electrons. The molecule has 2 heterocycles. The molecule has 5 rings (SSSR count). The summed E-state index contributed by atoms with van der Waals surface area (Å²) in [7, 11) is 1.55. The Labute approximate surface area is 238 Å². The van der Waals surface area contributed by atoms with Gasteiger partial charge in [-0.15, -0.1) is 0 Å². The third kappa shape index (κ3) is 6.35. The Morgan fingerprint density at radius 3 is 2.52 bits per heavy atom. The predicted molar refractivity (Wildman–Crippen MR) is 152 cm³/mol. The van der Waals surface area contributed by atoms with Gasteiger partial charge >= 0.3 is 0 Å². The van der Waals surface area contributed by atoms with Crippen molar-refractivity contribution in [2.45, 2.75) is 56.2 Å². The summed E-state index contributed by atoms with van der Waals surface area (Å²) in [6, 6.07) is 14.6. The Balaban J connectivity index is 1.37. The summed E-state index contributed by atoms with van der Waals surface area (Å²) in [5.74, 6) is -0.590. The van der Waals surface area contributed by atoms with Crippen molar-refractivity contribution in [2.24, 2.45) is 11.7 Å². The van der Waals surface area contributed by atoms with Crippen LogP contribution >= 0.6 is 11.6 Å². The highest BCUT2D eigenvalue weighted by molar-refractivity contribution is 6.30. The van der Waals surface area contributed by atoms with E-state index in [1.807, 2.05) is 12.1 Å². The fraction of sp³-hybridized carbons (Fsp3) is 0.387. The Hall–Kier alpha value is -3.33. The van der Waals surface area contributed by atoms with Gasteiger partial charge in [0.1, 0.15) is 11.9 Å². The molecular weight excluding hydrogens is 531 g/mol. The van der Waals surface area contributed by atoms with Crippen molar-refractivity contribution < 1.29 is 18.7 Å². The van der Waals surface area contributed by atoms with Crippen molar-refractivity contribution in [3.8, 4) is 0 Å². The van der Waals surface area contributed by atoms with Gasteiger partial charge in [-0.3, -0.25) is 14.6 Å². The molecule has 0 bridgehead atoms. The predicted octanol–water partition coefficient (Wildman–Crippen LogP) is 5.06. The van der Waals surface area contributed by atoms with E-state index in [1.165, 1.54) is 23.8 Å². The molecule has 3 aromatic rings. The van der Waals surface area contributed by atoms with Crippen molar-refractivity contribution in [1.29, 1.82) is 0 Å². The zero-order valence-corrected chi connectivity index (χ0v) is 23.2. The molecule has 1 aromatic heterocycles. The lowest BCUT2D eigenvalue weighted by Crippen LogP contribution is -2.44. The van der Waals surface area contributed by atoms with Crippen LogP contribution in [0.1, 0.15) is 48.8 Å². The topological polar surface area (TPSA) is 97.5 Å². The number of nitrogens with zero attached hydrogens (tertiary/aromatic N) is 2. The fourth-order valence-electron chi connectivity index (χ4n) is 5.43. The third-order valence-corrected chi connectivity index (χ3v) is 8.32. The summed E-state index contributed by atoms with van der Waals surface area (Å²) in [4.78, 5) is 32.4.